The highest BCUT2D eigenvalue weighted by Gasteiger charge is 2.24. The molecule has 1 fully saturated rings. The Balaban J connectivity index is 2.31. The fourth-order valence-corrected chi connectivity index (χ4v) is 1.68. The molecule has 0 bridgehead atoms. The van der Waals surface area contributed by atoms with Crippen molar-refractivity contribution in [3.8, 4) is 0 Å². The topological polar surface area (TPSA) is 93.6 Å². The van der Waals surface area contributed by atoms with E-state index in [1.807, 2.05) is 0 Å². The number of H-pyrrole nitrogens is 1. The zero-order valence-electron chi connectivity index (χ0n) is 9.38. The van der Waals surface area contributed by atoms with Crippen molar-refractivity contribution >= 4 is 0 Å². The second-order valence-corrected chi connectivity index (χ2v) is 3.84. The minimum absolute atomic E-state index is 0.270. The number of aryl methyl sites for hydroxylation is 1. The van der Waals surface area contributed by atoms with Crippen LogP contribution in [-0.4, -0.2) is 34.2 Å². The first-order chi connectivity index (χ1) is 8.11. The van der Waals surface area contributed by atoms with Crippen LogP contribution in [0.1, 0.15) is 18.2 Å². The molecule has 0 aromatic carbocycles. The molecule has 7 heteroatoms. The second kappa shape index (κ2) is 4.82. The fraction of sp³-hybridized carbons (Fsp3) is 0.600. The molecule has 17 heavy (non-hydrogen) atoms. The van der Waals surface area contributed by atoms with Crippen LogP contribution in [0.5, 0.6) is 0 Å². The van der Waals surface area contributed by atoms with Crippen molar-refractivity contribution in [1.82, 2.24) is 9.55 Å². The van der Waals surface area contributed by atoms with E-state index in [1.165, 1.54) is 10.8 Å². The zero-order valence-corrected chi connectivity index (χ0v) is 9.38. The molecular formula is C10H14N2O5. The van der Waals surface area contributed by atoms with Gasteiger partial charge in [-0.1, -0.05) is 0 Å². The number of aromatic amines is 1. The number of aromatic nitrogens is 2. The van der Waals surface area contributed by atoms with Gasteiger partial charge in [0.2, 0.25) is 0 Å². The summed E-state index contributed by atoms with van der Waals surface area (Å²) in [5.41, 5.74) is -0.499. The van der Waals surface area contributed by atoms with Gasteiger partial charge in [-0.05, 0) is 6.92 Å². The van der Waals surface area contributed by atoms with Gasteiger partial charge < -0.3 is 14.6 Å². The Bertz CT molecular complexity index is 506. The predicted octanol–water partition coefficient (Wildman–Crippen LogP) is -0.901. The van der Waals surface area contributed by atoms with Crippen LogP contribution in [0.15, 0.2) is 15.8 Å². The minimum atomic E-state index is -0.729. The molecule has 0 radical (unpaired) electrons. The van der Waals surface area contributed by atoms with Gasteiger partial charge >= 0.3 is 5.69 Å². The van der Waals surface area contributed by atoms with Crippen LogP contribution in [0, 0.1) is 6.92 Å². The van der Waals surface area contributed by atoms with Crippen molar-refractivity contribution in [1.29, 1.82) is 0 Å². The van der Waals surface area contributed by atoms with Crippen molar-refractivity contribution < 1.29 is 14.6 Å². The molecule has 0 saturated carbocycles. The lowest BCUT2D eigenvalue weighted by Gasteiger charge is -2.30. The maximum absolute atomic E-state index is 11.6. The van der Waals surface area contributed by atoms with Crippen LogP contribution >= 0.6 is 0 Å². The molecule has 2 rings (SSSR count). The Kier molecular flexibility index (Phi) is 3.41. The van der Waals surface area contributed by atoms with Crippen molar-refractivity contribution in [3.63, 3.8) is 0 Å². The zero-order chi connectivity index (χ0) is 12.4. The van der Waals surface area contributed by atoms with Crippen LogP contribution < -0.4 is 11.2 Å². The standard InChI is InChI=1S/C10H14N2O5/c1-6-4-12(10(15)11-9(6)14)7-2-3-16-8(5-13)17-7/h4,7-8,13H,2-3,5H2,1H3,(H,11,14,15)/t7-,8-/m0/s1. The summed E-state index contributed by atoms with van der Waals surface area (Å²) in [6.07, 6.45) is 0.685. The molecule has 0 unspecified atom stereocenters. The number of nitrogens with zero attached hydrogens (tertiary/aromatic N) is 1. The van der Waals surface area contributed by atoms with Crippen LogP contribution in [-0.2, 0) is 9.47 Å². The lowest BCUT2D eigenvalue weighted by Crippen LogP contribution is -2.39. The molecule has 1 saturated heterocycles. The normalized spacial score (nSPS) is 24.8. The fourth-order valence-electron chi connectivity index (χ4n) is 1.68. The number of aliphatic hydroxyl groups excluding tert-OH is 1. The molecule has 1 aliphatic rings. The lowest BCUT2D eigenvalue weighted by atomic mass is 10.3. The number of hydrogen-bond donors (Lipinski definition) is 2. The molecule has 0 spiro atoms. The molecule has 2 N–H and O–H groups in total. The van der Waals surface area contributed by atoms with E-state index >= 15 is 0 Å². The average Bonchev–Trinajstić information content (AvgIpc) is 2.34. The maximum Gasteiger partial charge on any atom is 0.330 e. The maximum atomic E-state index is 11.6. The molecule has 0 aliphatic carbocycles. The van der Waals surface area contributed by atoms with E-state index in [1.54, 1.807) is 6.92 Å². The van der Waals surface area contributed by atoms with Gasteiger partial charge in [0.15, 0.2) is 6.29 Å². The summed E-state index contributed by atoms with van der Waals surface area (Å²) < 4.78 is 11.8. The van der Waals surface area contributed by atoms with E-state index in [2.05, 4.69) is 4.98 Å². The molecule has 7 nitrogen and oxygen atoms in total. The van der Waals surface area contributed by atoms with Gasteiger partial charge in [-0.25, -0.2) is 4.79 Å². The van der Waals surface area contributed by atoms with E-state index in [9.17, 15) is 9.59 Å². The van der Waals surface area contributed by atoms with Gasteiger partial charge in [-0.2, -0.15) is 0 Å². The number of aliphatic hydroxyl groups is 1. The summed E-state index contributed by atoms with van der Waals surface area (Å²) in [6.45, 7) is 1.73. The predicted molar refractivity (Wildman–Crippen MR) is 57.6 cm³/mol. The third kappa shape index (κ3) is 2.46. The largest absolute Gasteiger partial charge is 0.391 e. The lowest BCUT2D eigenvalue weighted by molar-refractivity contribution is -0.246. The van der Waals surface area contributed by atoms with Crippen LogP contribution in [0.2, 0.25) is 0 Å². The van der Waals surface area contributed by atoms with Crippen LogP contribution in [0.25, 0.3) is 0 Å². The molecule has 1 aromatic heterocycles. The third-order valence-electron chi connectivity index (χ3n) is 2.58. The summed E-state index contributed by atoms with van der Waals surface area (Å²) in [6, 6.07) is 0. The first-order valence-electron chi connectivity index (χ1n) is 5.32. The summed E-state index contributed by atoms with van der Waals surface area (Å²) >= 11 is 0. The van der Waals surface area contributed by atoms with E-state index in [4.69, 9.17) is 14.6 Å². The monoisotopic (exact) mass is 242 g/mol. The Morgan fingerprint density at radius 1 is 1.59 bits per heavy atom. The molecule has 1 aromatic rings. The first kappa shape index (κ1) is 12.0. The van der Waals surface area contributed by atoms with E-state index in [0.717, 1.165) is 0 Å². The number of ether oxygens (including phenoxy) is 2. The number of rotatable bonds is 2. The van der Waals surface area contributed by atoms with Crippen molar-refractivity contribution in [2.45, 2.75) is 25.9 Å². The van der Waals surface area contributed by atoms with Crippen molar-refractivity contribution in [2.24, 2.45) is 0 Å². The Morgan fingerprint density at radius 2 is 2.35 bits per heavy atom. The molecule has 94 valence electrons. The quantitative estimate of drug-likeness (QED) is 0.701. The Labute approximate surface area is 96.6 Å². The van der Waals surface area contributed by atoms with E-state index in [-0.39, 0.29) is 6.61 Å². The van der Waals surface area contributed by atoms with Gasteiger partial charge in [0, 0.05) is 18.2 Å². The Hall–Kier alpha value is -1.44. The summed E-state index contributed by atoms with van der Waals surface area (Å²) in [4.78, 5) is 25.0. The van der Waals surface area contributed by atoms with Crippen molar-refractivity contribution in [3.05, 3.63) is 32.6 Å². The highest BCUT2D eigenvalue weighted by molar-refractivity contribution is 5.01. The van der Waals surface area contributed by atoms with Gasteiger partial charge in [0.05, 0.1) is 13.2 Å². The molecule has 2 atom stereocenters. The number of hydrogen-bond acceptors (Lipinski definition) is 5. The van der Waals surface area contributed by atoms with Gasteiger partial charge in [0.1, 0.15) is 6.23 Å². The highest BCUT2D eigenvalue weighted by atomic mass is 16.7. The number of nitrogens with one attached hydrogen (secondary N) is 1. The minimum Gasteiger partial charge on any atom is -0.391 e. The SMILES string of the molecule is Cc1cn([C@@H]2CCO[C@H](CO)O2)c(=O)[nH]c1=O. The smallest absolute Gasteiger partial charge is 0.330 e. The van der Waals surface area contributed by atoms with E-state index in [0.29, 0.717) is 18.6 Å². The van der Waals surface area contributed by atoms with Gasteiger partial charge in [-0.15, -0.1) is 0 Å². The second-order valence-electron chi connectivity index (χ2n) is 3.84. The molecule has 1 aliphatic heterocycles. The van der Waals surface area contributed by atoms with Crippen LogP contribution in [0.4, 0.5) is 0 Å². The van der Waals surface area contributed by atoms with Gasteiger partial charge in [-0.3, -0.25) is 14.3 Å². The van der Waals surface area contributed by atoms with E-state index < -0.39 is 23.8 Å². The van der Waals surface area contributed by atoms with Crippen molar-refractivity contribution in [2.75, 3.05) is 13.2 Å². The first-order valence-corrected chi connectivity index (χ1v) is 5.32. The summed E-state index contributed by atoms with van der Waals surface area (Å²) in [5.74, 6) is 0. The summed E-state index contributed by atoms with van der Waals surface area (Å²) in [5, 5.41) is 8.93. The third-order valence-corrected chi connectivity index (χ3v) is 2.58. The highest BCUT2D eigenvalue weighted by Crippen LogP contribution is 2.19. The molecular weight excluding hydrogens is 228 g/mol. The average molecular weight is 242 g/mol. The summed E-state index contributed by atoms with van der Waals surface area (Å²) in [7, 11) is 0. The molecule has 2 heterocycles. The Morgan fingerprint density at radius 3 is 3.06 bits per heavy atom. The van der Waals surface area contributed by atoms with Gasteiger partial charge in [0.25, 0.3) is 5.56 Å². The molecule has 0 amide bonds. The van der Waals surface area contributed by atoms with Crippen LogP contribution in [0.3, 0.4) is 0 Å².